The number of anilines is 1. The van der Waals surface area contributed by atoms with Crippen LogP contribution in [-0.4, -0.2) is 60.8 Å². The van der Waals surface area contributed by atoms with E-state index in [1.54, 1.807) is 18.0 Å². The van der Waals surface area contributed by atoms with Crippen molar-refractivity contribution in [1.82, 2.24) is 9.78 Å². The molecule has 1 atom stereocenters. The SMILES string of the molecule is COCCn1cc(C(=O)Nc2ccc3c(c2)C2(COC(N)=N2)C2(COC2)C(C)(C)O3)cn1. The Bertz CT molecular complexity index is 1090. The highest BCUT2D eigenvalue weighted by Gasteiger charge is 2.71. The van der Waals surface area contributed by atoms with E-state index in [9.17, 15) is 4.79 Å². The molecule has 5 rings (SSSR count). The van der Waals surface area contributed by atoms with Crippen molar-refractivity contribution in [2.75, 3.05) is 38.9 Å². The summed E-state index contributed by atoms with van der Waals surface area (Å²) < 4.78 is 24.4. The molecule has 32 heavy (non-hydrogen) atoms. The maximum atomic E-state index is 12.8. The fourth-order valence-electron chi connectivity index (χ4n) is 4.85. The largest absolute Gasteiger partial charge is 0.487 e. The number of carbonyl (C=O) groups is 1. The van der Waals surface area contributed by atoms with Crippen LogP contribution in [0.5, 0.6) is 5.75 Å². The van der Waals surface area contributed by atoms with Crippen LogP contribution in [0, 0.1) is 5.41 Å². The Balaban J connectivity index is 1.48. The molecule has 0 bridgehead atoms. The van der Waals surface area contributed by atoms with Gasteiger partial charge in [0.2, 0.25) is 0 Å². The van der Waals surface area contributed by atoms with E-state index < -0.39 is 16.6 Å². The standard InChI is InChI=1S/C22H27N5O5/c1-20(2)21(11-30-12-21)22(13-31-19(23)26-22)16-8-15(4-5-17(16)32-20)25-18(28)14-9-24-27(10-14)6-7-29-3/h4-5,8-10H,6-7,11-13H2,1-3H3,(H2,23,26)(H,25,28). The minimum Gasteiger partial charge on any atom is -0.487 e. The molecule has 4 heterocycles. The van der Waals surface area contributed by atoms with Crippen LogP contribution < -0.4 is 15.8 Å². The summed E-state index contributed by atoms with van der Waals surface area (Å²) in [6.45, 7) is 6.44. The highest BCUT2D eigenvalue weighted by atomic mass is 16.5. The van der Waals surface area contributed by atoms with Crippen LogP contribution in [0.4, 0.5) is 5.69 Å². The number of amides is 1. The molecule has 1 aromatic heterocycles. The number of methoxy groups -OCH3 is 1. The lowest BCUT2D eigenvalue weighted by atomic mass is 9.55. The molecule has 3 aliphatic rings. The first kappa shape index (κ1) is 20.8. The van der Waals surface area contributed by atoms with E-state index in [0.717, 1.165) is 5.56 Å². The smallest absolute Gasteiger partial charge is 0.283 e. The Labute approximate surface area is 185 Å². The number of rotatable bonds is 5. The lowest BCUT2D eigenvalue weighted by Gasteiger charge is -2.61. The van der Waals surface area contributed by atoms with Crippen molar-refractivity contribution in [3.63, 3.8) is 0 Å². The zero-order valence-electron chi connectivity index (χ0n) is 18.4. The van der Waals surface area contributed by atoms with Crippen molar-refractivity contribution in [2.45, 2.75) is 31.5 Å². The van der Waals surface area contributed by atoms with Gasteiger partial charge in [0.05, 0.1) is 43.5 Å². The Morgan fingerprint density at radius 1 is 1.31 bits per heavy atom. The topological polar surface area (TPSA) is 122 Å². The summed E-state index contributed by atoms with van der Waals surface area (Å²) in [5, 5.41) is 7.15. The van der Waals surface area contributed by atoms with Crippen LogP contribution >= 0.6 is 0 Å². The van der Waals surface area contributed by atoms with E-state index in [-0.39, 0.29) is 11.9 Å². The molecular formula is C22H27N5O5. The minimum absolute atomic E-state index is 0.151. The van der Waals surface area contributed by atoms with Gasteiger partial charge in [0.25, 0.3) is 11.9 Å². The number of benzene rings is 1. The predicted molar refractivity (Wildman–Crippen MR) is 116 cm³/mol. The molecule has 10 nitrogen and oxygen atoms in total. The molecule has 2 aromatic rings. The molecular weight excluding hydrogens is 414 g/mol. The second-order valence-electron chi connectivity index (χ2n) is 8.94. The first-order valence-electron chi connectivity index (χ1n) is 10.5. The maximum Gasteiger partial charge on any atom is 0.283 e. The number of amidine groups is 1. The second-order valence-corrected chi connectivity index (χ2v) is 8.94. The van der Waals surface area contributed by atoms with E-state index in [1.807, 2.05) is 32.0 Å². The van der Waals surface area contributed by atoms with Gasteiger partial charge in [0.15, 0.2) is 0 Å². The summed E-state index contributed by atoms with van der Waals surface area (Å²) in [5.74, 6) is 0.437. The zero-order valence-corrected chi connectivity index (χ0v) is 18.4. The van der Waals surface area contributed by atoms with E-state index in [2.05, 4.69) is 10.4 Å². The molecule has 1 amide bonds. The van der Waals surface area contributed by atoms with Gasteiger partial charge in [-0.3, -0.25) is 9.48 Å². The van der Waals surface area contributed by atoms with Crippen molar-refractivity contribution in [2.24, 2.45) is 16.1 Å². The number of hydrogen-bond donors (Lipinski definition) is 2. The molecule has 1 unspecified atom stereocenters. The van der Waals surface area contributed by atoms with Crippen molar-refractivity contribution in [1.29, 1.82) is 0 Å². The number of nitrogens with two attached hydrogens (primary N) is 1. The number of aliphatic imine (C=N–C) groups is 1. The first-order valence-corrected chi connectivity index (χ1v) is 10.5. The van der Waals surface area contributed by atoms with Crippen LogP contribution in [0.1, 0.15) is 29.8 Å². The Hall–Kier alpha value is -3.11. The molecule has 1 fully saturated rings. The average Bonchev–Trinajstić information content (AvgIpc) is 3.33. The van der Waals surface area contributed by atoms with E-state index >= 15 is 0 Å². The summed E-state index contributed by atoms with van der Waals surface area (Å²) in [5.41, 5.74) is 6.16. The summed E-state index contributed by atoms with van der Waals surface area (Å²) in [6, 6.07) is 5.71. The number of aromatic nitrogens is 2. The van der Waals surface area contributed by atoms with Crippen molar-refractivity contribution >= 4 is 17.6 Å². The maximum absolute atomic E-state index is 12.8. The lowest BCUT2D eigenvalue weighted by Crippen LogP contribution is -2.71. The molecule has 10 heteroatoms. The fourth-order valence-corrected chi connectivity index (χ4v) is 4.85. The van der Waals surface area contributed by atoms with E-state index in [4.69, 9.17) is 29.7 Å². The lowest BCUT2D eigenvalue weighted by molar-refractivity contribution is -0.247. The van der Waals surface area contributed by atoms with Gasteiger partial charge >= 0.3 is 0 Å². The Morgan fingerprint density at radius 2 is 2.12 bits per heavy atom. The highest BCUT2D eigenvalue weighted by molar-refractivity contribution is 6.04. The molecule has 1 saturated heterocycles. The number of nitrogens with zero attached hydrogens (tertiary/aromatic N) is 3. The van der Waals surface area contributed by atoms with Crippen LogP contribution in [-0.2, 0) is 26.3 Å². The molecule has 0 saturated carbocycles. The molecule has 0 radical (unpaired) electrons. The van der Waals surface area contributed by atoms with Gasteiger partial charge < -0.3 is 30.0 Å². The first-order chi connectivity index (χ1) is 15.3. The number of ether oxygens (including phenoxy) is 4. The molecule has 1 aromatic carbocycles. The predicted octanol–water partition coefficient (Wildman–Crippen LogP) is 1.51. The summed E-state index contributed by atoms with van der Waals surface area (Å²) >= 11 is 0. The van der Waals surface area contributed by atoms with Gasteiger partial charge in [0, 0.05) is 24.6 Å². The van der Waals surface area contributed by atoms with Crippen LogP contribution in [0.15, 0.2) is 35.6 Å². The molecule has 3 aliphatic heterocycles. The number of carbonyl (C=O) groups excluding carboxylic acids is 1. The second kappa shape index (κ2) is 7.21. The quantitative estimate of drug-likeness (QED) is 0.721. The fraction of sp³-hybridized carbons (Fsp3) is 0.500. The average molecular weight is 441 g/mol. The summed E-state index contributed by atoms with van der Waals surface area (Å²) in [7, 11) is 1.62. The third-order valence-electron chi connectivity index (χ3n) is 6.84. The van der Waals surface area contributed by atoms with Gasteiger partial charge in [-0.1, -0.05) is 0 Å². The zero-order chi connectivity index (χ0) is 22.6. The van der Waals surface area contributed by atoms with Gasteiger partial charge in [-0.05, 0) is 32.0 Å². The van der Waals surface area contributed by atoms with E-state index in [0.29, 0.717) is 50.0 Å². The van der Waals surface area contributed by atoms with Crippen molar-refractivity contribution in [3.8, 4) is 5.75 Å². The third-order valence-corrected chi connectivity index (χ3v) is 6.84. The molecule has 0 aliphatic carbocycles. The van der Waals surface area contributed by atoms with Gasteiger partial charge in [-0.25, -0.2) is 4.99 Å². The molecule has 170 valence electrons. The summed E-state index contributed by atoms with van der Waals surface area (Å²) in [4.78, 5) is 17.6. The third kappa shape index (κ3) is 2.90. The van der Waals surface area contributed by atoms with E-state index in [1.165, 1.54) is 6.20 Å². The van der Waals surface area contributed by atoms with Gasteiger partial charge in [-0.2, -0.15) is 5.10 Å². The van der Waals surface area contributed by atoms with Gasteiger partial charge in [-0.15, -0.1) is 0 Å². The summed E-state index contributed by atoms with van der Waals surface area (Å²) in [6.07, 6.45) is 3.23. The van der Waals surface area contributed by atoms with Crippen LogP contribution in [0.2, 0.25) is 0 Å². The Morgan fingerprint density at radius 3 is 2.78 bits per heavy atom. The minimum atomic E-state index is -0.752. The van der Waals surface area contributed by atoms with Gasteiger partial charge in [0.1, 0.15) is 23.5 Å². The monoisotopic (exact) mass is 441 g/mol. The van der Waals surface area contributed by atoms with Crippen LogP contribution in [0.3, 0.4) is 0 Å². The van der Waals surface area contributed by atoms with Crippen molar-refractivity contribution < 1.29 is 23.7 Å². The number of nitrogens with one attached hydrogen (secondary N) is 1. The normalized spacial score (nSPS) is 24.3. The highest BCUT2D eigenvalue weighted by Crippen LogP contribution is 2.62. The van der Waals surface area contributed by atoms with Crippen molar-refractivity contribution in [3.05, 3.63) is 41.7 Å². The molecule has 3 N–H and O–H groups in total. The molecule has 2 spiro atoms. The number of fused-ring (bicyclic) bond motifs is 3. The van der Waals surface area contributed by atoms with Crippen LogP contribution in [0.25, 0.3) is 0 Å². The Kier molecular flexibility index (Phi) is 4.68. The number of hydrogen-bond acceptors (Lipinski definition) is 8.